The number of phosphoric acid groups is 1. The van der Waals surface area contributed by atoms with E-state index in [1.165, 1.54) is 141 Å². The second-order valence-corrected chi connectivity index (χ2v) is 16.2. The number of ether oxygens (including phenoxy) is 2. The molecule has 0 amide bonds. The summed E-state index contributed by atoms with van der Waals surface area (Å²) in [7, 11) is -4.51. The lowest BCUT2D eigenvalue weighted by molar-refractivity contribution is -0.154. The van der Waals surface area contributed by atoms with E-state index >= 15 is 0 Å². The van der Waals surface area contributed by atoms with Crippen LogP contribution in [0, 0.1) is 0 Å². The average molecular weight is 763 g/mol. The van der Waals surface area contributed by atoms with Crippen molar-refractivity contribution in [2.45, 2.75) is 219 Å². The zero-order valence-electron chi connectivity index (χ0n) is 33.8. The molecule has 3 atom stereocenters. The van der Waals surface area contributed by atoms with Gasteiger partial charge in [-0.05, 0) is 38.5 Å². The van der Waals surface area contributed by atoms with Crippen molar-refractivity contribution in [3.8, 4) is 0 Å². The summed E-state index contributed by atoms with van der Waals surface area (Å²) in [5.74, 6) is -0.381. The van der Waals surface area contributed by atoms with Crippen LogP contribution < -0.4 is 0 Å². The van der Waals surface area contributed by atoms with E-state index in [0.29, 0.717) is 6.61 Å². The number of phosphoric ester groups is 1. The molecule has 0 aliphatic heterocycles. The summed E-state index contributed by atoms with van der Waals surface area (Å²) >= 11 is 0. The highest BCUT2D eigenvalue weighted by molar-refractivity contribution is 7.47. The summed E-state index contributed by atoms with van der Waals surface area (Å²) in [5, 5.41) is 18.3. The van der Waals surface area contributed by atoms with Crippen molar-refractivity contribution in [2.75, 3.05) is 33.0 Å². The predicted octanol–water partition coefficient (Wildman–Crippen LogP) is 11.7. The van der Waals surface area contributed by atoms with Crippen molar-refractivity contribution in [2.24, 2.45) is 0 Å². The van der Waals surface area contributed by atoms with Crippen molar-refractivity contribution in [3.63, 3.8) is 0 Å². The monoisotopic (exact) mass is 763 g/mol. The summed E-state index contributed by atoms with van der Waals surface area (Å²) in [5.41, 5.74) is 0. The lowest BCUT2D eigenvalue weighted by Gasteiger charge is -2.20. The Morgan fingerprint density at radius 2 is 0.981 bits per heavy atom. The van der Waals surface area contributed by atoms with Crippen LogP contribution in [-0.4, -0.2) is 66.3 Å². The number of unbranched alkanes of at least 4 members (excludes halogenated alkanes) is 26. The van der Waals surface area contributed by atoms with Crippen LogP contribution in [0.3, 0.4) is 0 Å². The highest BCUT2D eigenvalue weighted by Gasteiger charge is 2.26. The molecule has 9 nitrogen and oxygen atoms in total. The first-order valence-electron chi connectivity index (χ1n) is 21.7. The molecule has 0 aromatic carbocycles. The van der Waals surface area contributed by atoms with Crippen molar-refractivity contribution in [1.29, 1.82) is 0 Å². The molecule has 0 fully saturated rings. The standard InChI is InChI=1S/C42H83O9P/c1-3-5-7-9-11-13-15-17-19-21-23-25-27-29-31-33-35-48-38-41(39-50-52(46,47)49-37-40(44)36-43)51-42(45)34-32-30-28-26-24-22-20-18-16-14-12-10-8-6-4-2/h17,19,40-41,43-44H,3-16,18,20-39H2,1-2H3,(H,46,47)/b19-17-. The number of aliphatic hydroxyl groups excluding tert-OH is 2. The maximum Gasteiger partial charge on any atom is 0.472 e. The second kappa shape index (κ2) is 39.9. The third-order valence-corrected chi connectivity index (χ3v) is 10.4. The largest absolute Gasteiger partial charge is 0.472 e. The first kappa shape index (κ1) is 51.2. The van der Waals surface area contributed by atoms with Gasteiger partial charge in [-0.1, -0.05) is 174 Å². The predicted molar refractivity (Wildman–Crippen MR) is 215 cm³/mol. The lowest BCUT2D eigenvalue weighted by Crippen LogP contribution is -2.29. The smallest absolute Gasteiger partial charge is 0.457 e. The van der Waals surface area contributed by atoms with E-state index in [2.05, 4.69) is 26.0 Å². The molecular formula is C42H83O9P. The number of rotatable bonds is 42. The molecule has 0 saturated carbocycles. The number of aliphatic hydroxyl groups is 2. The molecule has 0 aliphatic rings. The van der Waals surface area contributed by atoms with Gasteiger partial charge in [-0.25, -0.2) is 4.57 Å². The molecule has 52 heavy (non-hydrogen) atoms. The summed E-state index contributed by atoms with van der Waals surface area (Å²) < 4.78 is 33.4. The number of hydrogen-bond donors (Lipinski definition) is 3. The fourth-order valence-electron chi connectivity index (χ4n) is 6.12. The van der Waals surface area contributed by atoms with Crippen LogP contribution in [0.5, 0.6) is 0 Å². The van der Waals surface area contributed by atoms with E-state index < -0.39 is 33.2 Å². The van der Waals surface area contributed by atoms with E-state index in [9.17, 15) is 19.4 Å². The first-order chi connectivity index (χ1) is 25.3. The van der Waals surface area contributed by atoms with Gasteiger partial charge in [-0.15, -0.1) is 0 Å². The van der Waals surface area contributed by atoms with E-state index in [4.69, 9.17) is 23.6 Å². The molecule has 0 spiro atoms. The molecular weight excluding hydrogens is 679 g/mol. The second-order valence-electron chi connectivity index (χ2n) is 14.7. The number of esters is 1. The van der Waals surface area contributed by atoms with E-state index in [-0.39, 0.29) is 25.6 Å². The van der Waals surface area contributed by atoms with Gasteiger partial charge < -0.3 is 24.6 Å². The number of hydrogen-bond acceptors (Lipinski definition) is 8. The number of carbonyl (C=O) groups is 1. The first-order valence-corrected chi connectivity index (χ1v) is 23.2. The van der Waals surface area contributed by atoms with Crippen LogP contribution in [0.15, 0.2) is 12.2 Å². The zero-order chi connectivity index (χ0) is 38.2. The fourth-order valence-corrected chi connectivity index (χ4v) is 6.91. The topological polar surface area (TPSA) is 132 Å². The summed E-state index contributed by atoms with van der Waals surface area (Å²) in [6.07, 6.45) is 38.8. The minimum atomic E-state index is -4.51. The third-order valence-electron chi connectivity index (χ3n) is 9.45. The molecule has 3 unspecified atom stereocenters. The Balaban J connectivity index is 4.15. The molecule has 0 aliphatic carbocycles. The lowest BCUT2D eigenvalue weighted by atomic mass is 10.0. The highest BCUT2D eigenvalue weighted by Crippen LogP contribution is 2.43. The zero-order valence-corrected chi connectivity index (χ0v) is 34.7. The Kier molecular flexibility index (Phi) is 39.3. The van der Waals surface area contributed by atoms with Gasteiger partial charge in [0.25, 0.3) is 0 Å². The minimum Gasteiger partial charge on any atom is -0.457 e. The van der Waals surface area contributed by atoms with Gasteiger partial charge in [0.15, 0.2) is 0 Å². The van der Waals surface area contributed by atoms with Crippen LogP contribution in [-0.2, 0) is 27.9 Å². The van der Waals surface area contributed by atoms with Crippen LogP contribution in [0.2, 0.25) is 0 Å². The summed E-state index contributed by atoms with van der Waals surface area (Å²) in [6, 6.07) is 0. The van der Waals surface area contributed by atoms with Gasteiger partial charge in [-0.3, -0.25) is 13.8 Å². The van der Waals surface area contributed by atoms with Gasteiger partial charge in [0, 0.05) is 13.0 Å². The fraction of sp³-hybridized carbons (Fsp3) is 0.929. The van der Waals surface area contributed by atoms with Crippen LogP contribution >= 0.6 is 7.82 Å². The quantitative estimate of drug-likeness (QED) is 0.0241. The van der Waals surface area contributed by atoms with Crippen LogP contribution in [0.25, 0.3) is 0 Å². The van der Waals surface area contributed by atoms with Crippen molar-refractivity contribution in [3.05, 3.63) is 12.2 Å². The van der Waals surface area contributed by atoms with Gasteiger partial charge >= 0.3 is 13.8 Å². The minimum absolute atomic E-state index is 0.0505. The van der Waals surface area contributed by atoms with Crippen molar-refractivity contribution >= 4 is 13.8 Å². The number of allylic oxidation sites excluding steroid dienone is 2. The molecule has 0 aromatic heterocycles. The molecule has 10 heteroatoms. The van der Waals surface area contributed by atoms with Crippen molar-refractivity contribution < 1.29 is 43.0 Å². The maximum absolute atomic E-state index is 12.6. The van der Waals surface area contributed by atoms with Gasteiger partial charge in [0.05, 0.1) is 26.4 Å². The average Bonchev–Trinajstić information content (AvgIpc) is 3.13. The molecule has 0 radical (unpaired) electrons. The molecule has 0 saturated heterocycles. The van der Waals surface area contributed by atoms with Gasteiger partial charge in [-0.2, -0.15) is 0 Å². The maximum atomic E-state index is 12.6. The summed E-state index contributed by atoms with van der Waals surface area (Å²) in [4.78, 5) is 22.6. The molecule has 0 bridgehead atoms. The Morgan fingerprint density at radius 3 is 1.44 bits per heavy atom. The third kappa shape index (κ3) is 38.9. The highest BCUT2D eigenvalue weighted by atomic mass is 31.2. The number of carbonyl (C=O) groups excluding carboxylic acids is 1. The van der Waals surface area contributed by atoms with Gasteiger partial charge in [0.2, 0.25) is 0 Å². The Hall–Kier alpha value is -0.800. The summed E-state index contributed by atoms with van der Waals surface area (Å²) in [6.45, 7) is 3.53. The molecule has 0 heterocycles. The molecule has 0 aromatic rings. The van der Waals surface area contributed by atoms with E-state index in [1.807, 2.05) is 0 Å². The SMILES string of the molecule is CCCCCCCC/C=C\CCCCCCCCOCC(COP(=O)(O)OCC(O)CO)OC(=O)CCCCCCCCCCCCCCCCC. The normalized spacial score (nSPS) is 14.2. The molecule has 3 N–H and O–H groups in total. The van der Waals surface area contributed by atoms with E-state index in [0.717, 1.165) is 44.9 Å². The molecule has 0 rings (SSSR count). The van der Waals surface area contributed by atoms with Gasteiger partial charge in [0.1, 0.15) is 12.2 Å². The van der Waals surface area contributed by atoms with Crippen LogP contribution in [0.4, 0.5) is 0 Å². The van der Waals surface area contributed by atoms with E-state index in [1.54, 1.807) is 0 Å². The Labute approximate surface area is 320 Å². The van der Waals surface area contributed by atoms with Crippen LogP contribution in [0.1, 0.15) is 206 Å². The van der Waals surface area contributed by atoms with Crippen molar-refractivity contribution in [1.82, 2.24) is 0 Å². The Bertz CT molecular complexity index is 825. The Morgan fingerprint density at radius 1 is 0.577 bits per heavy atom. The molecule has 310 valence electrons.